The molecular weight excluding hydrogens is 324 g/mol. The fourth-order valence-electron chi connectivity index (χ4n) is 3.85. The summed E-state index contributed by atoms with van der Waals surface area (Å²) in [4.78, 5) is 13.3. The largest absolute Gasteiger partial charge is 0.383 e. The number of fused-ring (bicyclic) bond motifs is 4. The van der Waals surface area contributed by atoms with Crippen LogP contribution in [0.2, 0.25) is 0 Å². The van der Waals surface area contributed by atoms with Crippen LogP contribution in [0.4, 0.5) is 5.82 Å². The third-order valence-corrected chi connectivity index (χ3v) is 5.16. The van der Waals surface area contributed by atoms with Crippen molar-refractivity contribution in [1.82, 2.24) is 19.5 Å². The lowest BCUT2D eigenvalue weighted by Gasteiger charge is -2.25. The van der Waals surface area contributed by atoms with E-state index in [1.165, 1.54) is 6.33 Å². The summed E-state index contributed by atoms with van der Waals surface area (Å²) in [6.45, 7) is 5.04. The maximum Gasteiger partial charge on any atom is 0.146 e. The van der Waals surface area contributed by atoms with Crippen LogP contribution in [0.1, 0.15) is 12.1 Å². The number of anilines is 1. The minimum Gasteiger partial charge on any atom is -0.383 e. The number of pyridine rings is 1. The zero-order chi connectivity index (χ0) is 17.8. The zero-order valence-electron chi connectivity index (χ0n) is 14.2. The van der Waals surface area contributed by atoms with E-state index in [9.17, 15) is 0 Å². The number of hydrogen-bond donors (Lipinski definition) is 2. The molecule has 0 amide bonds. The average molecular weight is 342 g/mol. The molecule has 0 saturated heterocycles. The van der Waals surface area contributed by atoms with E-state index in [0.29, 0.717) is 5.82 Å². The van der Waals surface area contributed by atoms with Crippen molar-refractivity contribution in [1.29, 1.82) is 0 Å². The lowest BCUT2D eigenvalue weighted by molar-refractivity contribution is 0.581. The molecule has 1 atom stereocenters. The van der Waals surface area contributed by atoms with Crippen LogP contribution in [0.3, 0.4) is 0 Å². The molecule has 0 spiro atoms. The van der Waals surface area contributed by atoms with E-state index in [1.54, 1.807) is 0 Å². The van der Waals surface area contributed by atoms with E-state index >= 15 is 0 Å². The van der Waals surface area contributed by atoms with Gasteiger partial charge in [-0.1, -0.05) is 24.8 Å². The van der Waals surface area contributed by atoms with Gasteiger partial charge < -0.3 is 16.0 Å². The Morgan fingerprint density at radius 3 is 2.88 bits per heavy atom. The molecule has 4 aromatic rings. The van der Waals surface area contributed by atoms with E-state index in [2.05, 4.69) is 38.2 Å². The molecule has 0 fully saturated rings. The maximum absolute atomic E-state index is 6.29. The summed E-state index contributed by atoms with van der Waals surface area (Å²) in [6.07, 6.45) is 4.21. The van der Waals surface area contributed by atoms with Crippen LogP contribution in [0.15, 0.2) is 49.4 Å². The normalized spacial score (nSPS) is 17.0. The van der Waals surface area contributed by atoms with Gasteiger partial charge in [0.15, 0.2) is 0 Å². The molecule has 0 unspecified atom stereocenters. The van der Waals surface area contributed by atoms with Gasteiger partial charge in [0.2, 0.25) is 0 Å². The minimum atomic E-state index is -0.0758. The number of nitrogen functional groups attached to an aromatic ring is 1. The molecule has 3 aromatic heterocycles. The van der Waals surface area contributed by atoms with Crippen molar-refractivity contribution in [2.45, 2.75) is 19.0 Å². The molecule has 0 aliphatic carbocycles. The van der Waals surface area contributed by atoms with Gasteiger partial charge in [0.05, 0.1) is 16.6 Å². The van der Waals surface area contributed by atoms with Crippen molar-refractivity contribution < 1.29 is 0 Å². The first-order chi connectivity index (χ1) is 12.6. The van der Waals surface area contributed by atoms with Crippen molar-refractivity contribution in [3.8, 4) is 11.1 Å². The van der Waals surface area contributed by atoms with E-state index < -0.39 is 0 Å². The number of benzene rings is 1. The minimum absolute atomic E-state index is 0.0758. The van der Waals surface area contributed by atoms with Crippen LogP contribution >= 0.6 is 0 Å². The van der Waals surface area contributed by atoms with E-state index in [4.69, 9.17) is 11.5 Å². The average Bonchev–Trinajstić information content (AvgIpc) is 3.01. The first-order valence-electron chi connectivity index (χ1n) is 8.57. The smallest absolute Gasteiger partial charge is 0.146 e. The Hall–Kier alpha value is -3.25. The predicted molar refractivity (Wildman–Crippen MR) is 104 cm³/mol. The van der Waals surface area contributed by atoms with Crippen LogP contribution in [0.5, 0.6) is 0 Å². The number of hydrogen-bond acceptors (Lipinski definition) is 5. The maximum atomic E-state index is 6.29. The molecule has 0 bridgehead atoms. The van der Waals surface area contributed by atoms with Crippen LogP contribution < -0.4 is 11.5 Å². The van der Waals surface area contributed by atoms with Crippen molar-refractivity contribution in [3.63, 3.8) is 0 Å². The first-order valence-corrected chi connectivity index (χ1v) is 8.57. The Labute approximate surface area is 150 Å². The number of nitrogens with zero attached hydrogens (tertiary/aromatic N) is 4. The van der Waals surface area contributed by atoms with Gasteiger partial charge in [0, 0.05) is 35.3 Å². The predicted octanol–water partition coefficient (Wildman–Crippen LogP) is 2.97. The van der Waals surface area contributed by atoms with Crippen LogP contribution in [0.25, 0.3) is 38.6 Å². The highest BCUT2D eigenvalue weighted by atomic mass is 15.1. The Kier molecular flexibility index (Phi) is 3.11. The van der Waals surface area contributed by atoms with E-state index in [1.807, 2.05) is 24.4 Å². The standard InChI is InChI=1S/C20H18N6/c1-11-14(21)6-7-26-18(11)16(17-19(22)24-10-25-20(17)26)13-8-12-4-2-3-5-15(12)23-9-13/h2-5,8-10,14H,1,6-7,21H2,(H2,22,24,25)/t14-/m1/s1. The summed E-state index contributed by atoms with van der Waals surface area (Å²) in [5.74, 6) is 0.460. The number of aromatic nitrogens is 4. The van der Waals surface area contributed by atoms with Gasteiger partial charge in [-0.2, -0.15) is 0 Å². The fraction of sp³-hybridized carbons (Fsp3) is 0.150. The Balaban J connectivity index is 1.90. The molecule has 1 aromatic carbocycles. The van der Waals surface area contributed by atoms with Crippen molar-refractivity contribution in [2.75, 3.05) is 5.73 Å². The SMILES string of the molecule is C=C1c2c(-c3cnc4ccccc4c3)c3c(N)ncnc3n2CC[C@H]1N. The lowest BCUT2D eigenvalue weighted by Crippen LogP contribution is -2.29. The van der Waals surface area contributed by atoms with E-state index in [0.717, 1.165) is 57.3 Å². The van der Waals surface area contributed by atoms with Gasteiger partial charge in [-0.05, 0) is 24.1 Å². The molecular formula is C20H18N6. The second-order valence-electron chi connectivity index (χ2n) is 6.67. The number of rotatable bonds is 1. The van der Waals surface area contributed by atoms with Crippen LogP contribution in [-0.4, -0.2) is 25.6 Å². The summed E-state index contributed by atoms with van der Waals surface area (Å²) in [5.41, 5.74) is 18.2. The molecule has 6 heteroatoms. The summed E-state index contributed by atoms with van der Waals surface area (Å²) < 4.78 is 2.16. The summed E-state index contributed by atoms with van der Waals surface area (Å²) in [5, 5.41) is 1.91. The molecule has 0 saturated carbocycles. The highest BCUT2D eigenvalue weighted by molar-refractivity contribution is 6.07. The molecule has 0 radical (unpaired) electrons. The number of aryl methyl sites for hydroxylation is 1. The third-order valence-electron chi connectivity index (χ3n) is 5.16. The van der Waals surface area contributed by atoms with Gasteiger partial charge in [0.1, 0.15) is 17.8 Å². The first kappa shape index (κ1) is 15.0. The summed E-state index contributed by atoms with van der Waals surface area (Å²) in [7, 11) is 0. The van der Waals surface area contributed by atoms with Crippen molar-refractivity contribution in [3.05, 3.63) is 55.1 Å². The summed E-state index contributed by atoms with van der Waals surface area (Å²) >= 11 is 0. The molecule has 128 valence electrons. The Bertz CT molecular complexity index is 1190. The van der Waals surface area contributed by atoms with Gasteiger partial charge in [0.25, 0.3) is 0 Å². The summed E-state index contributed by atoms with van der Waals surface area (Å²) in [6, 6.07) is 10.1. The molecule has 5 rings (SSSR count). The Morgan fingerprint density at radius 1 is 1.15 bits per heavy atom. The monoisotopic (exact) mass is 342 g/mol. The molecule has 26 heavy (non-hydrogen) atoms. The topological polar surface area (TPSA) is 95.6 Å². The zero-order valence-corrected chi connectivity index (χ0v) is 14.2. The van der Waals surface area contributed by atoms with Crippen molar-refractivity contribution in [2.24, 2.45) is 5.73 Å². The highest BCUT2D eigenvalue weighted by Crippen LogP contribution is 2.42. The molecule has 1 aliphatic rings. The molecule has 1 aliphatic heterocycles. The quantitative estimate of drug-likeness (QED) is 0.554. The molecule has 4 N–H and O–H groups in total. The van der Waals surface area contributed by atoms with Crippen molar-refractivity contribution >= 4 is 33.3 Å². The molecule has 6 nitrogen and oxygen atoms in total. The van der Waals surface area contributed by atoms with Gasteiger partial charge in [-0.15, -0.1) is 0 Å². The highest BCUT2D eigenvalue weighted by Gasteiger charge is 2.29. The lowest BCUT2D eigenvalue weighted by atomic mass is 9.93. The van der Waals surface area contributed by atoms with Crippen LogP contribution in [-0.2, 0) is 6.54 Å². The van der Waals surface area contributed by atoms with Gasteiger partial charge in [-0.3, -0.25) is 4.98 Å². The van der Waals surface area contributed by atoms with Crippen LogP contribution in [0, 0.1) is 0 Å². The third kappa shape index (κ3) is 1.99. The second kappa shape index (κ2) is 5.37. The number of nitrogens with two attached hydrogens (primary N) is 2. The fourth-order valence-corrected chi connectivity index (χ4v) is 3.85. The Morgan fingerprint density at radius 2 is 2.00 bits per heavy atom. The number of para-hydroxylation sites is 1. The van der Waals surface area contributed by atoms with Gasteiger partial charge in [-0.25, -0.2) is 9.97 Å². The van der Waals surface area contributed by atoms with E-state index in [-0.39, 0.29) is 6.04 Å². The molecule has 4 heterocycles. The second-order valence-corrected chi connectivity index (χ2v) is 6.67. The van der Waals surface area contributed by atoms with Gasteiger partial charge >= 0.3 is 0 Å².